The van der Waals surface area contributed by atoms with E-state index in [4.69, 9.17) is 62.8 Å². The molecule has 7 aliphatic carbocycles. The maximum atomic E-state index is 6.10. The van der Waals surface area contributed by atoms with Crippen molar-refractivity contribution in [1.29, 1.82) is 0 Å². The number of anilines is 6. The van der Waals surface area contributed by atoms with Gasteiger partial charge in [0, 0.05) is 0 Å². The van der Waals surface area contributed by atoms with E-state index in [1.165, 1.54) is 173 Å². The topological polar surface area (TPSA) is 470 Å². The molecule has 0 radical (unpaired) electrons. The molecule has 0 amide bonds. The predicted molar refractivity (Wildman–Crippen MR) is 577 cm³/mol. The molecule has 12 heterocycles. The summed E-state index contributed by atoms with van der Waals surface area (Å²) in [5.41, 5.74) is 47.5. The molecule has 12 aromatic rings. The van der Waals surface area contributed by atoms with Gasteiger partial charge in [-0.05, 0) is 260 Å². The number of hydrogen-bond acceptors (Lipinski definition) is 30. The van der Waals surface area contributed by atoms with E-state index in [2.05, 4.69) is 167 Å². The number of fused-ring (bicyclic) bond motifs is 6. The molecular weight excluding hydrogens is 1840 g/mol. The second kappa shape index (κ2) is 53.2. The molecule has 1 spiro atoms. The predicted octanol–water partition coefficient (Wildman–Crippen LogP) is 22.4. The molecule has 36 heteroatoms. The molecule has 0 aromatic carbocycles. The zero-order valence-electron chi connectivity index (χ0n) is 91.2. The third kappa shape index (κ3) is 30.6. The third-order valence-corrected chi connectivity index (χ3v) is 31.4. The van der Waals surface area contributed by atoms with Crippen LogP contribution in [0.3, 0.4) is 0 Å². The van der Waals surface area contributed by atoms with E-state index in [1.807, 2.05) is 106 Å². The van der Waals surface area contributed by atoms with Gasteiger partial charge in [-0.2, -0.15) is 29.9 Å². The van der Waals surface area contributed by atoms with Gasteiger partial charge in [-0.15, -0.1) is 30.6 Å². The van der Waals surface area contributed by atoms with Gasteiger partial charge in [-0.25, -0.2) is 57.0 Å². The smallest absolute Gasteiger partial charge is 0.336 e. The van der Waals surface area contributed by atoms with Crippen LogP contribution in [0.5, 0.6) is 36.1 Å². The molecule has 7 saturated carbocycles. The van der Waals surface area contributed by atoms with Crippen LogP contribution in [0.4, 0.5) is 34.9 Å². The summed E-state index contributed by atoms with van der Waals surface area (Å²) in [7, 11) is 0. The minimum Gasteiger partial charge on any atom is -0.459 e. The maximum absolute atomic E-state index is 6.10. The Morgan fingerprint density at radius 2 is 0.432 bits per heavy atom. The highest BCUT2D eigenvalue weighted by atomic mass is 16.5. The van der Waals surface area contributed by atoms with E-state index in [1.54, 1.807) is 0 Å². The normalized spacial score (nSPS) is 22.3. The fourth-order valence-corrected chi connectivity index (χ4v) is 23.7. The Labute approximate surface area is 865 Å². The Bertz CT molecular complexity index is 5350. The number of imidazole rings is 6. The van der Waals surface area contributed by atoms with Crippen LogP contribution in [0.1, 0.15) is 402 Å². The largest absolute Gasteiger partial charge is 0.459 e. The Hall–Kier alpha value is -11.1. The van der Waals surface area contributed by atoms with Gasteiger partial charge >= 0.3 is 36.1 Å². The molecular formula is C110H176N30O6. The number of hydrogen-bond donors (Lipinski definition) is 6. The molecule has 0 bridgehead atoms. The number of nitrogens with zero attached hydrogens (tertiary/aromatic N) is 24. The monoisotopic (exact) mass is 2010 g/mol. The van der Waals surface area contributed by atoms with Gasteiger partial charge < -0.3 is 62.8 Å². The molecule has 802 valence electrons. The number of nitrogens with two attached hydrogens (primary N) is 6. The average molecular weight is 2010 g/mol. The van der Waals surface area contributed by atoms with E-state index in [9.17, 15) is 0 Å². The second-order valence-electron chi connectivity index (χ2n) is 45.1. The van der Waals surface area contributed by atoms with E-state index < -0.39 is 0 Å². The molecule has 36 nitrogen and oxygen atoms in total. The maximum Gasteiger partial charge on any atom is 0.336 e. The first-order valence-corrected chi connectivity index (χ1v) is 56.4. The summed E-state index contributed by atoms with van der Waals surface area (Å²) < 4.78 is 46.0. The summed E-state index contributed by atoms with van der Waals surface area (Å²) in [5.74, 6) is 10.6. The van der Waals surface area contributed by atoms with Crippen LogP contribution in [0.2, 0.25) is 0 Å². The molecule has 2 unspecified atom stereocenters. The standard InChI is InChI=1S/C20H31N5O.5C18H29N5O/c1-3-5-14(2)26-19-23-17(21)18-22-13-16(25(18)24-19)12-15-6-10-20(11-7-15)8-4-9-20;5*1-4-6-13(3)24-18-21-16(19)17-20-11-15(23(17)22-18)10-14-8-5-7-12(2)9-14/h13-15H,3-12H2,1-2H3,(H2,21,23,24);5*11-14H,4-10H2,1-3H3,(H2,19,21,22)/t;12-,13+,14?;12-,13+,14+;12-,13+,14-;12-,13-,14+;12-,13-,14-/m.11100/s1. The van der Waals surface area contributed by atoms with Gasteiger partial charge in [0.25, 0.3) is 0 Å². The zero-order valence-corrected chi connectivity index (χ0v) is 91.2. The quantitative estimate of drug-likeness (QED) is 0.0212. The van der Waals surface area contributed by atoms with Crippen LogP contribution in [0.25, 0.3) is 33.9 Å². The Morgan fingerprint density at radius 1 is 0.253 bits per heavy atom. The summed E-state index contributed by atoms with van der Waals surface area (Å²) in [6.07, 6.45) is 66.0. The summed E-state index contributed by atoms with van der Waals surface area (Å²) >= 11 is 0. The SMILES string of the molecule is CCCC(C)Oc1nc(N)c2ncc(CC3CCC4(CCC4)CC3)n2n1.CCC[C@H](C)Oc1nc(N)c2ncc(CC3CCC[C@@H](C)C3)n2n1.CCC[C@H](C)Oc1nc(N)c2ncc(C[C@@H]3CCC[C@@H](C)C3)n2n1.CCC[C@H](C)Oc1nc(N)c2ncc(C[C@@H]3CCC[C@H](C)C3)n2n1.CCC[C@H](C)Oc1nc(N)c2ncc(C[C@H]3CCC[C@@H](C)C3)n2n1.CCC[C@H](C)Oc1nc(N)c2ncc(C[C@H]3CCC[C@H](C)C3)n2n1. The highest BCUT2D eigenvalue weighted by molar-refractivity contribution is 5.63. The minimum atomic E-state index is 0.0815. The van der Waals surface area contributed by atoms with Crippen LogP contribution in [0, 0.1) is 70.5 Å². The van der Waals surface area contributed by atoms with Crippen LogP contribution in [-0.4, -0.2) is 154 Å². The number of rotatable bonds is 36. The molecule has 146 heavy (non-hydrogen) atoms. The first kappa shape index (κ1) is 111. The van der Waals surface area contributed by atoms with Crippen LogP contribution >= 0.6 is 0 Å². The number of nitrogen functional groups attached to an aromatic ring is 6. The fourth-order valence-electron chi connectivity index (χ4n) is 23.7. The van der Waals surface area contributed by atoms with Gasteiger partial charge in [0.15, 0.2) is 68.8 Å². The molecule has 0 saturated heterocycles. The molecule has 7 aliphatic rings. The van der Waals surface area contributed by atoms with Crippen molar-refractivity contribution < 1.29 is 28.4 Å². The van der Waals surface area contributed by atoms with Gasteiger partial charge in [0.05, 0.1) is 108 Å². The Morgan fingerprint density at radius 3 is 0.589 bits per heavy atom. The molecule has 12 aromatic heterocycles. The Kier molecular flexibility index (Phi) is 40.3. The van der Waals surface area contributed by atoms with Crippen molar-refractivity contribution in [2.45, 2.75) is 443 Å². The number of ether oxygens (including phenoxy) is 6. The van der Waals surface area contributed by atoms with Gasteiger partial charge in [-0.3, -0.25) is 0 Å². The first-order valence-electron chi connectivity index (χ1n) is 56.4. The van der Waals surface area contributed by atoms with Gasteiger partial charge in [-0.1, -0.05) is 217 Å². The average Bonchev–Trinajstić information content (AvgIpc) is 1.65. The zero-order chi connectivity index (χ0) is 104. The highest BCUT2D eigenvalue weighted by Crippen LogP contribution is 2.53. The van der Waals surface area contributed by atoms with Crippen molar-refractivity contribution in [2.24, 2.45) is 70.5 Å². The lowest BCUT2D eigenvalue weighted by Crippen LogP contribution is -2.34. The summed E-state index contributed by atoms with van der Waals surface area (Å²) in [5, 5.41) is 27.3. The van der Waals surface area contributed by atoms with Crippen molar-refractivity contribution in [3.05, 3.63) is 71.3 Å². The molecule has 19 rings (SSSR count). The molecule has 12 N–H and O–H groups in total. The van der Waals surface area contributed by atoms with Crippen molar-refractivity contribution in [3.8, 4) is 36.1 Å². The van der Waals surface area contributed by atoms with E-state index in [0.717, 1.165) is 185 Å². The third-order valence-electron chi connectivity index (χ3n) is 31.4. The number of aromatic nitrogens is 24. The minimum absolute atomic E-state index is 0.0815. The van der Waals surface area contributed by atoms with Crippen LogP contribution in [-0.2, 0) is 38.5 Å². The highest BCUT2D eigenvalue weighted by Gasteiger charge is 2.41. The van der Waals surface area contributed by atoms with Crippen molar-refractivity contribution in [2.75, 3.05) is 34.4 Å². The van der Waals surface area contributed by atoms with Gasteiger partial charge in [0.1, 0.15) is 0 Å². The summed E-state index contributed by atoms with van der Waals surface area (Å²) in [6, 6.07) is 2.08. The fraction of sp³-hybridized carbons (Fsp3) is 0.727. The van der Waals surface area contributed by atoms with E-state index >= 15 is 0 Å². The Balaban J connectivity index is 0.000000139. The lowest BCUT2D eigenvalue weighted by Gasteiger charge is -2.47. The van der Waals surface area contributed by atoms with Crippen LogP contribution < -0.4 is 62.8 Å². The lowest BCUT2D eigenvalue weighted by molar-refractivity contribution is 0.0552. The lowest BCUT2D eigenvalue weighted by atomic mass is 9.59. The second-order valence-corrected chi connectivity index (χ2v) is 45.1. The molecule has 16 atom stereocenters. The summed E-state index contributed by atoms with van der Waals surface area (Å²) in [6.45, 7) is 36.8. The van der Waals surface area contributed by atoms with E-state index in [-0.39, 0.29) is 36.6 Å². The first-order chi connectivity index (χ1) is 70.4. The molecule has 7 fully saturated rings. The van der Waals surface area contributed by atoms with Gasteiger partial charge in [0.2, 0.25) is 0 Å². The van der Waals surface area contributed by atoms with Crippen molar-refractivity contribution in [1.82, 2.24) is 117 Å². The van der Waals surface area contributed by atoms with Crippen molar-refractivity contribution in [3.63, 3.8) is 0 Å². The summed E-state index contributed by atoms with van der Waals surface area (Å²) in [4.78, 5) is 52.1. The van der Waals surface area contributed by atoms with Crippen LogP contribution in [0.15, 0.2) is 37.2 Å². The van der Waals surface area contributed by atoms with E-state index in [0.29, 0.717) is 140 Å². The molecule has 0 aliphatic heterocycles. The van der Waals surface area contributed by atoms with Crippen molar-refractivity contribution >= 4 is 68.8 Å².